The van der Waals surface area contributed by atoms with Gasteiger partial charge in [0.25, 0.3) is 0 Å². The van der Waals surface area contributed by atoms with Gasteiger partial charge in [0.05, 0.1) is 13.0 Å². The number of benzene rings is 1. The molecule has 0 saturated heterocycles. The van der Waals surface area contributed by atoms with Crippen molar-refractivity contribution < 1.29 is 19.1 Å². The molecule has 6 heteroatoms. The van der Waals surface area contributed by atoms with E-state index in [-0.39, 0.29) is 22.4 Å². The molecule has 2 aliphatic carbocycles. The summed E-state index contributed by atoms with van der Waals surface area (Å²) in [4.78, 5) is 35.9. The maximum atomic E-state index is 13.6. The normalized spacial score (nSPS) is 21.7. The molecule has 34 heavy (non-hydrogen) atoms. The van der Waals surface area contributed by atoms with Crippen molar-refractivity contribution in [3.05, 3.63) is 64.9 Å². The number of carbonyl (C=O) groups is 2. The fourth-order valence-electron chi connectivity index (χ4n) is 5.53. The number of hydrogen-bond acceptors (Lipinski definition) is 6. The Balaban J connectivity index is 1.75. The van der Waals surface area contributed by atoms with E-state index < -0.39 is 5.92 Å². The molecule has 5 rings (SSSR count). The van der Waals surface area contributed by atoms with E-state index in [0.29, 0.717) is 59.9 Å². The van der Waals surface area contributed by atoms with Crippen LogP contribution in [0.5, 0.6) is 5.75 Å². The van der Waals surface area contributed by atoms with Gasteiger partial charge in [0.15, 0.2) is 17.4 Å². The monoisotopic (exact) mass is 458 g/mol. The van der Waals surface area contributed by atoms with Gasteiger partial charge in [-0.2, -0.15) is 0 Å². The first-order chi connectivity index (χ1) is 16.1. The van der Waals surface area contributed by atoms with E-state index in [2.05, 4.69) is 37.7 Å². The number of methoxy groups -OCH3 is 1. The molecule has 0 radical (unpaired) electrons. The molecule has 2 heterocycles. The highest BCUT2D eigenvalue weighted by atomic mass is 16.5. The van der Waals surface area contributed by atoms with Gasteiger partial charge in [0.1, 0.15) is 17.3 Å². The zero-order chi connectivity index (χ0) is 24.3. The summed E-state index contributed by atoms with van der Waals surface area (Å²) >= 11 is 0. The standard InChI is InChI=1S/C28H30N2O4/c1-27(2)12-18(31)24-21(14-27)34-22-15-28(3,4)13-19(32)25(22)23(24)17-11-16(7-8-20(17)33-5)26-29-9-6-10-30-26/h6-11,23H,12-15H2,1-5H3. The molecule has 0 N–H and O–H groups in total. The van der Waals surface area contributed by atoms with Crippen LogP contribution >= 0.6 is 0 Å². The average Bonchev–Trinajstić information content (AvgIpc) is 2.76. The van der Waals surface area contributed by atoms with Crippen molar-refractivity contribution in [1.29, 1.82) is 0 Å². The fraction of sp³-hybridized carbons (Fsp3) is 0.429. The summed E-state index contributed by atoms with van der Waals surface area (Å²) in [5.41, 5.74) is 2.37. The molecule has 0 amide bonds. The molecule has 0 saturated carbocycles. The van der Waals surface area contributed by atoms with Crippen LogP contribution in [0, 0.1) is 10.8 Å². The Morgan fingerprint density at radius 3 is 1.97 bits per heavy atom. The molecule has 1 aromatic heterocycles. The van der Waals surface area contributed by atoms with Gasteiger partial charge in [0, 0.05) is 60.4 Å². The Morgan fingerprint density at radius 1 is 0.882 bits per heavy atom. The van der Waals surface area contributed by atoms with Gasteiger partial charge in [-0.15, -0.1) is 0 Å². The second-order valence-corrected chi connectivity index (χ2v) is 11.1. The van der Waals surface area contributed by atoms with Crippen molar-refractivity contribution in [2.45, 2.75) is 59.3 Å². The molecule has 1 aromatic carbocycles. The fourth-order valence-corrected chi connectivity index (χ4v) is 5.53. The Kier molecular flexibility index (Phi) is 5.23. The minimum absolute atomic E-state index is 0.0313. The predicted octanol–water partition coefficient (Wildman–Crippen LogP) is 5.55. The molecule has 176 valence electrons. The van der Waals surface area contributed by atoms with Crippen LogP contribution < -0.4 is 4.74 Å². The number of ether oxygens (including phenoxy) is 2. The zero-order valence-corrected chi connectivity index (χ0v) is 20.4. The lowest BCUT2D eigenvalue weighted by Crippen LogP contribution is -2.37. The maximum absolute atomic E-state index is 13.6. The lowest BCUT2D eigenvalue weighted by Gasteiger charge is -2.43. The maximum Gasteiger partial charge on any atom is 0.163 e. The van der Waals surface area contributed by atoms with Crippen LogP contribution in [0.25, 0.3) is 11.4 Å². The number of rotatable bonds is 3. The van der Waals surface area contributed by atoms with E-state index in [1.165, 1.54) is 0 Å². The summed E-state index contributed by atoms with van der Waals surface area (Å²) in [7, 11) is 1.61. The van der Waals surface area contributed by atoms with Crippen LogP contribution in [0.1, 0.15) is 64.9 Å². The van der Waals surface area contributed by atoms with E-state index in [9.17, 15) is 9.59 Å². The molecule has 0 atom stereocenters. The first kappa shape index (κ1) is 22.5. The Morgan fingerprint density at radius 2 is 1.44 bits per heavy atom. The van der Waals surface area contributed by atoms with Crippen molar-refractivity contribution >= 4 is 11.6 Å². The van der Waals surface area contributed by atoms with Gasteiger partial charge in [-0.1, -0.05) is 27.7 Å². The van der Waals surface area contributed by atoms with Crippen LogP contribution in [-0.2, 0) is 14.3 Å². The largest absolute Gasteiger partial charge is 0.496 e. The summed E-state index contributed by atoms with van der Waals surface area (Å²) in [6, 6.07) is 7.50. The van der Waals surface area contributed by atoms with Crippen LogP contribution in [-0.4, -0.2) is 28.6 Å². The predicted molar refractivity (Wildman–Crippen MR) is 128 cm³/mol. The average molecular weight is 459 g/mol. The van der Waals surface area contributed by atoms with Crippen molar-refractivity contribution in [2.24, 2.45) is 10.8 Å². The second-order valence-electron chi connectivity index (χ2n) is 11.1. The summed E-state index contributed by atoms with van der Waals surface area (Å²) in [6.07, 6.45) is 5.53. The molecule has 0 spiro atoms. The molecule has 1 aliphatic heterocycles. The van der Waals surface area contributed by atoms with E-state index in [4.69, 9.17) is 9.47 Å². The molecule has 6 nitrogen and oxygen atoms in total. The van der Waals surface area contributed by atoms with Gasteiger partial charge in [-0.25, -0.2) is 9.97 Å². The lowest BCUT2D eigenvalue weighted by atomic mass is 9.65. The second kappa shape index (κ2) is 7.90. The van der Waals surface area contributed by atoms with Crippen LogP contribution in [0.4, 0.5) is 0 Å². The Bertz CT molecular complexity index is 1200. The summed E-state index contributed by atoms with van der Waals surface area (Å²) < 4.78 is 12.2. The van der Waals surface area contributed by atoms with Crippen LogP contribution in [0.3, 0.4) is 0 Å². The highest BCUT2D eigenvalue weighted by Gasteiger charge is 2.48. The smallest absolute Gasteiger partial charge is 0.163 e. The third kappa shape index (κ3) is 3.85. The number of aromatic nitrogens is 2. The SMILES string of the molecule is COc1ccc(-c2ncccn2)cc1C1C2=C(CC(C)(C)CC2=O)OC2=C1C(=O)CC(C)(C)C2. The third-order valence-corrected chi connectivity index (χ3v) is 6.95. The number of carbonyl (C=O) groups excluding carboxylic acids is 2. The topological polar surface area (TPSA) is 78.4 Å². The summed E-state index contributed by atoms with van der Waals surface area (Å²) in [6.45, 7) is 8.34. The Hall–Kier alpha value is -3.28. The molecule has 0 fully saturated rings. The molecule has 0 bridgehead atoms. The molecule has 3 aliphatic rings. The summed E-state index contributed by atoms with van der Waals surface area (Å²) in [5, 5.41) is 0. The van der Waals surface area contributed by atoms with Crippen LogP contribution in [0.2, 0.25) is 0 Å². The van der Waals surface area contributed by atoms with E-state index in [1.807, 2.05) is 18.2 Å². The van der Waals surface area contributed by atoms with Crippen molar-refractivity contribution in [3.8, 4) is 17.1 Å². The number of ketones is 2. The van der Waals surface area contributed by atoms with Crippen molar-refractivity contribution in [1.82, 2.24) is 9.97 Å². The third-order valence-electron chi connectivity index (χ3n) is 6.95. The van der Waals surface area contributed by atoms with E-state index in [0.717, 1.165) is 11.1 Å². The zero-order valence-electron chi connectivity index (χ0n) is 20.4. The van der Waals surface area contributed by atoms with Gasteiger partial charge >= 0.3 is 0 Å². The molecule has 0 unspecified atom stereocenters. The highest BCUT2D eigenvalue weighted by Crippen LogP contribution is 2.54. The minimum Gasteiger partial charge on any atom is -0.496 e. The van der Waals surface area contributed by atoms with Gasteiger partial charge < -0.3 is 9.47 Å². The summed E-state index contributed by atoms with van der Waals surface area (Å²) in [5.74, 6) is 2.13. The van der Waals surface area contributed by atoms with Gasteiger partial charge in [-0.05, 0) is 35.1 Å². The Labute approximate surface area is 200 Å². The molecular weight excluding hydrogens is 428 g/mol. The van der Waals surface area contributed by atoms with E-state index in [1.54, 1.807) is 25.6 Å². The number of Topliss-reactive ketones (excluding diaryl/α,β-unsaturated/α-hetero) is 2. The number of nitrogens with zero attached hydrogens (tertiary/aromatic N) is 2. The molecular formula is C28H30N2O4. The quantitative estimate of drug-likeness (QED) is 0.600. The first-order valence-corrected chi connectivity index (χ1v) is 11.7. The number of allylic oxidation sites excluding steroid dienone is 4. The van der Waals surface area contributed by atoms with E-state index >= 15 is 0 Å². The number of hydrogen-bond donors (Lipinski definition) is 0. The molecule has 2 aromatic rings. The van der Waals surface area contributed by atoms with Crippen LogP contribution in [0.15, 0.2) is 59.3 Å². The lowest BCUT2D eigenvalue weighted by molar-refractivity contribution is -0.120. The van der Waals surface area contributed by atoms with Gasteiger partial charge in [-0.3, -0.25) is 9.59 Å². The van der Waals surface area contributed by atoms with Crippen molar-refractivity contribution in [3.63, 3.8) is 0 Å². The van der Waals surface area contributed by atoms with Crippen molar-refractivity contribution in [2.75, 3.05) is 7.11 Å². The van der Waals surface area contributed by atoms with Gasteiger partial charge in [0.2, 0.25) is 0 Å². The highest BCUT2D eigenvalue weighted by molar-refractivity contribution is 6.06. The first-order valence-electron chi connectivity index (χ1n) is 11.7. The minimum atomic E-state index is -0.524.